The molecule has 0 aromatic heterocycles. The molecule has 1 aliphatic heterocycles. The highest BCUT2D eigenvalue weighted by Gasteiger charge is 2.37. The zero-order valence-corrected chi connectivity index (χ0v) is 14.1. The first-order chi connectivity index (χ1) is 9.70. The van der Waals surface area contributed by atoms with E-state index in [4.69, 9.17) is 12.2 Å². The number of hydrogen-bond donors (Lipinski definition) is 2. The van der Waals surface area contributed by atoms with E-state index in [-0.39, 0.29) is 11.5 Å². The normalized spacial score (nSPS) is 18.1. The van der Waals surface area contributed by atoms with E-state index < -0.39 is 16.7 Å². The van der Waals surface area contributed by atoms with Gasteiger partial charge in [-0.05, 0) is 32.0 Å². The molecule has 5 nitrogen and oxygen atoms in total. The van der Waals surface area contributed by atoms with Gasteiger partial charge in [0, 0.05) is 36.5 Å². The van der Waals surface area contributed by atoms with Crippen molar-refractivity contribution in [3.05, 3.63) is 23.8 Å². The van der Waals surface area contributed by atoms with Gasteiger partial charge in [-0.1, -0.05) is 12.2 Å². The van der Waals surface area contributed by atoms with E-state index in [0.29, 0.717) is 10.2 Å². The summed E-state index contributed by atoms with van der Waals surface area (Å²) in [5.41, 5.74) is 1.28. The molecule has 0 spiro atoms. The van der Waals surface area contributed by atoms with Gasteiger partial charge in [0.15, 0.2) is 0 Å². The third kappa shape index (κ3) is 3.48. The molecule has 1 aliphatic rings. The van der Waals surface area contributed by atoms with Gasteiger partial charge < -0.3 is 19.9 Å². The Labute approximate surface area is 133 Å². The van der Waals surface area contributed by atoms with E-state index in [1.54, 1.807) is 18.2 Å². The number of aromatic hydroxyl groups is 1. The number of thiocarbonyl (C=S) groups is 1. The van der Waals surface area contributed by atoms with Gasteiger partial charge in [0.05, 0.1) is 5.54 Å². The topological polar surface area (TPSA) is 70.9 Å². The van der Waals surface area contributed by atoms with E-state index in [1.165, 1.54) is 0 Å². The monoisotopic (exact) mass is 325 g/mol. The van der Waals surface area contributed by atoms with Gasteiger partial charge in [-0.15, -0.1) is 0 Å². The molecule has 1 aromatic rings. The van der Waals surface area contributed by atoms with Crippen LogP contribution in [0.5, 0.6) is 5.75 Å². The summed E-state index contributed by atoms with van der Waals surface area (Å²) in [6, 6.07) is 5.05. The van der Waals surface area contributed by atoms with Gasteiger partial charge in [-0.3, -0.25) is 0 Å². The van der Waals surface area contributed by atoms with Crippen molar-refractivity contribution in [3.63, 3.8) is 0 Å². The Balaban J connectivity index is 2.21. The Morgan fingerprint density at radius 2 is 2.10 bits per heavy atom. The van der Waals surface area contributed by atoms with Crippen molar-refractivity contribution >= 4 is 39.2 Å². The van der Waals surface area contributed by atoms with Gasteiger partial charge in [0.1, 0.15) is 16.5 Å². The molecule has 1 unspecified atom stereocenters. The number of anilines is 1. The van der Waals surface area contributed by atoms with Crippen LogP contribution >= 0.6 is 12.2 Å². The molecule has 114 valence electrons. The first-order valence-electron chi connectivity index (χ1n) is 6.49. The van der Waals surface area contributed by atoms with Crippen LogP contribution in [0.1, 0.15) is 19.4 Å². The van der Waals surface area contributed by atoms with Crippen LogP contribution in [0.3, 0.4) is 0 Å². The molecule has 1 heterocycles. The minimum atomic E-state index is -1.34. The van der Waals surface area contributed by atoms with Crippen LogP contribution in [0.15, 0.2) is 23.2 Å². The van der Waals surface area contributed by atoms with Crippen LogP contribution in [0.2, 0.25) is 0 Å². The lowest BCUT2D eigenvalue weighted by molar-refractivity contribution is 0.475. The number of phenols is 1. The SMILES string of the molecule is CN(C)c1ccc(O)cc1C[S+]([O-])C1=NC(=S)C(C)(C)N1. The minimum absolute atomic E-state index is 0.157. The van der Waals surface area contributed by atoms with E-state index in [1.807, 2.05) is 32.8 Å². The molecule has 2 N–H and O–H groups in total. The standard InChI is InChI=1S/C14H19N3O2S2/c1-14(2)12(20)15-13(16-14)21(19)8-9-7-10(18)5-6-11(9)17(3)4/h5-7,18H,8H2,1-4H3,(H,15,16,20). The summed E-state index contributed by atoms with van der Waals surface area (Å²) in [5, 5.41) is 13.1. The lowest BCUT2D eigenvalue weighted by Crippen LogP contribution is -2.44. The largest absolute Gasteiger partial charge is 0.609 e. The van der Waals surface area contributed by atoms with E-state index in [2.05, 4.69) is 10.3 Å². The van der Waals surface area contributed by atoms with Crippen LogP contribution in [0.25, 0.3) is 0 Å². The Morgan fingerprint density at radius 3 is 2.62 bits per heavy atom. The molecule has 1 aromatic carbocycles. The van der Waals surface area contributed by atoms with Gasteiger partial charge in [-0.2, -0.15) is 4.99 Å². The van der Waals surface area contributed by atoms with Crippen LogP contribution in [0.4, 0.5) is 5.69 Å². The van der Waals surface area contributed by atoms with Crippen molar-refractivity contribution in [2.45, 2.75) is 25.1 Å². The van der Waals surface area contributed by atoms with Gasteiger partial charge >= 0.3 is 5.17 Å². The van der Waals surface area contributed by atoms with Crippen molar-refractivity contribution in [1.82, 2.24) is 5.32 Å². The third-order valence-corrected chi connectivity index (χ3v) is 5.00. The molecular weight excluding hydrogens is 306 g/mol. The molecule has 2 rings (SSSR count). The summed E-state index contributed by atoms with van der Waals surface area (Å²) in [6.07, 6.45) is 0. The van der Waals surface area contributed by atoms with Crippen molar-refractivity contribution in [2.24, 2.45) is 4.99 Å². The van der Waals surface area contributed by atoms with E-state index >= 15 is 0 Å². The van der Waals surface area contributed by atoms with E-state index in [0.717, 1.165) is 11.3 Å². The van der Waals surface area contributed by atoms with Crippen LogP contribution < -0.4 is 10.2 Å². The summed E-state index contributed by atoms with van der Waals surface area (Å²) in [5.74, 6) is 0.427. The molecule has 0 amide bonds. The zero-order chi connectivity index (χ0) is 15.8. The average molecular weight is 325 g/mol. The number of aliphatic imine (C=N–C) groups is 1. The predicted molar refractivity (Wildman–Crippen MR) is 91.5 cm³/mol. The van der Waals surface area contributed by atoms with Crippen molar-refractivity contribution < 1.29 is 9.66 Å². The predicted octanol–water partition coefficient (Wildman–Crippen LogP) is 1.77. The van der Waals surface area contributed by atoms with Crippen LogP contribution in [-0.4, -0.2) is 39.4 Å². The number of amidine groups is 1. The molecule has 1 atom stereocenters. The molecule has 0 fully saturated rings. The lowest BCUT2D eigenvalue weighted by atomic mass is 10.1. The number of benzene rings is 1. The number of hydrogen-bond acceptors (Lipinski definition) is 5. The minimum Gasteiger partial charge on any atom is -0.609 e. The molecule has 0 saturated heterocycles. The Bertz CT molecular complexity index is 600. The fourth-order valence-corrected chi connectivity index (χ4v) is 3.43. The summed E-state index contributed by atoms with van der Waals surface area (Å²) >= 11 is 3.84. The maximum absolute atomic E-state index is 12.5. The summed E-state index contributed by atoms with van der Waals surface area (Å²) in [7, 11) is 3.81. The number of phenolic OH excluding ortho intramolecular Hbond substituents is 1. The van der Waals surface area contributed by atoms with Gasteiger partial charge in [-0.25, -0.2) is 0 Å². The molecule has 21 heavy (non-hydrogen) atoms. The van der Waals surface area contributed by atoms with Gasteiger partial charge in [0.25, 0.3) is 0 Å². The third-order valence-electron chi connectivity index (χ3n) is 3.20. The van der Waals surface area contributed by atoms with Crippen molar-refractivity contribution in [1.29, 1.82) is 0 Å². The maximum Gasteiger partial charge on any atom is 0.318 e. The van der Waals surface area contributed by atoms with Gasteiger partial charge in [0.2, 0.25) is 0 Å². The number of nitrogens with zero attached hydrogens (tertiary/aromatic N) is 2. The molecule has 7 heteroatoms. The molecule has 0 aliphatic carbocycles. The van der Waals surface area contributed by atoms with Crippen molar-refractivity contribution in [2.75, 3.05) is 19.0 Å². The summed E-state index contributed by atoms with van der Waals surface area (Å²) in [4.78, 5) is 6.62. The van der Waals surface area contributed by atoms with Crippen molar-refractivity contribution in [3.8, 4) is 5.75 Å². The maximum atomic E-state index is 12.5. The summed E-state index contributed by atoms with van der Waals surface area (Å²) in [6.45, 7) is 3.81. The van der Waals surface area contributed by atoms with Crippen LogP contribution in [0, 0.1) is 0 Å². The highest BCUT2D eigenvalue weighted by molar-refractivity contribution is 8.05. The Morgan fingerprint density at radius 1 is 1.43 bits per heavy atom. The first kappa shape index (κ1) is 16.1. The average Bonchev–Trinajstić information content (AvgIpc) is 2.63. The second-order valence-electron chi connectivity index (χ2n) is 5.67. The molecular formula is C14H19N3O2S2. The molecule has 0 saturated carbocycles. The second-order valence-corrected chi connectivity index (χ2v) is 7.42. The number of nitrogens with one attached hydrogen (secondary N) is 1. The smallest absolute Gasteiger partial charge is 0.318 e. The summed E-state index contributed by atoms with van der Waals surface area (Å²) < 4.78 is 12.5. The Kier molecular flexibility index (Phi) is 4.46. The van der Waals surface area contributed by atoms with E-state index in [9.17, 15) is 9.66 Å². The highest BCUT2D eigenvalue weighted by Crippen LogP contribution is 2.26. The highest BCUT2D eigenvalue weighted by atomic mass is 32.2. The first-order valence-corrected chi connectivity index (χ1v) is 8.22. The number of rotatable bonds is 3. The molecule has 0 radical (unpaired) electrons. The fraction of sp³-hybridized carbons (Fsp3) is 0.429. The molecule has 0 bridgehead atoms. The quantitative estimate of drug-likeness (QED) is 0.655. The Hall–Kier alpha value is -1.31. The fourth-order valence-electron chi connectivity index (χ4n) is 2.02. The second kappa shape index (κ2) is 5.82. The lowest BCUT2D eigenvalue weighted by Gasteiger charge is -2.20. The zero-order valence-electron chi connectivity index (χ0n) is 12.5. The van der Waals surface area contributed by atoms with Crippen LogP contribution in [-0.2, 0) is 16.9 Å².